The van der Waals surface area contributed by atoms with Crippen molar-refractivity contribution < 1.29 is 8.42 Å². The fourth-order valence-electron chi connectivity index (χ4n) is 1.89. The van der Waals surface area contributed by atoms with E-state index < -0.39 is 10.0 Å². The van der Waals surface area contributed by atoms with Gasteiger partial charge in [-0.05, 0) is 54.4 Å². The van der Waals surface area contributed by atoms with Crippen LogP contribution in [0.5, 0.6) is 0 Å². The minimum Gasteiger partial charge on any atom is -0.246 e. The second kappa shape index (κ2) is 7.06. The Morgan fingerprint density at radius 3 is 2.08 bits per heavy atom. The number of aliphatic imine (C=N–C) groups is 1. The summed E-state index contributed by atoms with van der Waals surface area (Å²) in [5.74, 6) is 2.21. The van der Waals surface area contributed by atoms with Gasteiger partial charge in [0.15, 0.2) is 5.84 Å². The van der Waals surface area contributed by atoms with Crippen LogP contribution in [0.3, 0.4) is 0 Å². The molecule has 0 unspecified atom stereocenters. The molecule has 2 rings (SSSR count). The predicted molar refractivity (Wildman–Crippen MR) is 94.0 cm³/mol. The zero-order valence-corrected chi connectivity index (χ0v) is 14.0. The first kappa shape index (κ1) is 17.4. The summed E-state index contributed by atoms with van der Waals surface area (Å²) in [6.07, 6.45) is 5.42. The number of nitroso groups, excluding NO2 is 1. The fourth-order valence-corrected chi connectivity index (χ4v) is 3.00. The van der Waals surface area contributed by atoms with Gasteiger partial charge in [0.05, 0.1) is 10.6 Å². The maximum Gasteiger partial charge on any atom is 0.265 e. The van der Waals surface area contributed by atoms with Crippen LogP contribution in [0.2, 0.25) is 0 Å². The van der Waals surface area contributed by atoms with Crippen molar-refractivity contribution in [3.63, 3.8) is 0 Å². The van der Waals surface area contributed by atoms with Crippen molar-refractivity contribution in [2.75, 3.05) is 7.05 Å². The molecule has 0 aliphatic rings. The molecule has 0 aliphatic heterocycles. The molecule has 0 atom stereocenters. The van der Waals surface area contributed by atoms with Crippen LogP contribution in [0.25, 0.3) is 0 Å². The molecule has 0 N–H and O–H groups in total. The van der Waals surface area contributed by atoms with E-state index in [1.54, 1.807) is 12.1 Å². The van der Waals surface area contributed by atoms with Gasteiger partial charge in [0.2, 0.25) is 0 Å². The minimum absolute atomic E-state index is 0.0672. The number of rotatable bonds is 4. The van der Waals surface area contributed by atoms with Crippen molar-refractivity contribution in [1.82, 2.24) is 4.31 Å². The van der Waals surface area contributed by atoms with Crippen molar-refractivity contribution >= 4 is 27.2 Å². The Hall–Kier alpha value is -2.98. The second-order valence-electron chi connectivity index (χ2n) is 4.97. The molecular weight excluding hydrogens is 326 g/mol. The summed E-state index contributed by atoms with van der Waals surface area (Å²) in [6.45, 7) is 1.87. The summed E-state index contributed by atoms with van der Waals surface area (Å²) in [5.41, 5.74) is 1.62. The molecule has 0 saturated carbocycles. The molecule has 0 aliphatic carbocycles. The SMILES string of the molecule is C#CC(=Nc1ccc(N=O)cc1)N(C)S(=O)(=O)c1ccc(C)cc1. The van der Waals surface area contributed by atoms with Crippen molar-refractivity contribution in [2.24, 2.45) is 10.2 Å². The number of nitrogens with zero attached hydrogens (tertiary/aromatic N) is 3. The number of aryl methyl sites for hydroxylation is 1. The number of sulfonamides is 1. The molecule has 0 saturated heterocycles. The van der Waals surface area contributed by atoms with E-state index in [0.29, 0.717) is 5.69 Å². The minimum atomic E-state index is -3.81. The Morgan fingerprint density at radius 2 is 1.58 bits per heavy atom. The highest BCUT2D eigenvalue weighted by molar-refractivity contribution is 7.89. The van der Waals surface area contributed by atoms with Gasteiger partial charge in [0.1, 0.15) is 5.69 Å². The van der Waals surface area contributed by atoms with Crippen LogP contribution < -0.4 is 0 Å². The molecule has 2 aromatic carbocycles. The lowest BCUT2D eigenvalue weighted by atomic mass is 10.2. The molecule has 6 nitrogen and oxygen atoms in total. The predicted octanol–water partition coefficient (Wildman–Crippen LogP) is 3.38. The molecule has 0 fully saturated rings. The van der Waals surface area contributed by atoms with Gasteiger partial charge >= 0.3 is 0 Å². The second-order valence-corrected chi connectivity index (χ2v) is 6.94. The van der Waals surface area contributed by atoms with Gasteiger partial charge in [-0.2, -0.15) is 0 Å². The first-order valence-corrected chi connectivity index (χ1v) is 8.37. The van der Waals surface area contributed by atoms with Gasteiger partial charge in [0.25, 0.3) is 10.0 Å². The zero-order valence-electron chi connectivity index (χ0n) is 13.2. The maximum absolute atomic E-state index is 12.6. The highest BCUT2D eigenvalue weighted by Gasteiger charge is 2.23. The van der Waals surface area contributed by atoms with E-state index >= 15 is 0 Å². The Balaban J connectivity index is 2.38. The van der Waals surface area contributed by atoms with Crippen LogP contribution in [0.15, 0.2) is 63.6 Å². The molecule has 24 heavy (non-hydrogen) atoms. The summed E-state index contributed by atoms with van der Waals surface area (Å²) in [7, 11) is -2.47. The molecular formula is C17H15N3O3S. The van der Waals surface area contributed by atoms with Gasteiger partial charge in [0, 0.05) is 7.05 Å². The van der Waals surface area contributed by atoms with Crippen LogP contribution in [0.1, 0.15) is 5.56 Å². The third-order valence-corrected chi connectivity index (χ3v) is 5.06. The Kier molecular flexibility index (Phi) is 5.11. The Morgan fingerprint density at radius 1 is 1.04 bits per heavy atom. The molecule has 0 heterocycles. The standard InChI is InChI=1S/C17H15N3O3S/c1-4-17(18-14-7-9-15(19-21)10-8-14)20(3)24(22,23)16-11-5-13(2)6-12-16/h1,5-12H,2-3H3. The fraction of sp³-hybridized carbons (Fsp3) is 0.118. The average Bonchev–Trinajstić information content (AvgIpc) is 2.60. The molecule has 0 aromatic heterocycles. The van der Waals surface area contributed by atoms with E-state index in [4.69, 9.17) is 6.42 Å². The van der Waals surface area contributed by atoms with Gasteiger partial charge in [-0.15, -0.1) is 11.3 Å². The van der Waals surface area contributed by atoms with Crippen molar-refractivity contribution in [3.05, 3.63) is 59.0 Å². The average molecular weight is 341 g/mol. The van der Waals surface area contributed by atoms with Crippen LogP contribution in [-0.2, 0) is 10.0 Å². The number of hydrogen-bond donors (Lipinski definition) is 0. The first-order chi connectivity index (χ1) is 11.4. The molecule has 7 heteroatoms. The first-order valence-electron chi connectivity index (χ1n) is 6.93. The summed E-state index contributed by atoms with van der Waals surface area (Å²) < 4.78 is 26.2. The maximum atomic E-state index is 12.6. The summed E-state index contributed by atoms with van der Waals surface area (Å²) in [6, 6.07) is 12.4. The lowest BCUT2D eigenvalue weighted by Gasteiger charge is -2.18. The van der Waals surface area contributed by atoms with Crippen LogP contribution in [0, 0.1) is 24.2 Å². The lowest BCUT2D eigenvalue weighted by Crippen LogP contribution is -2.32. The van der Waals surface area contributed by atoms with E-state index in [9.17, 15) is 13.3 Å². The lowest BCUT2D eigenvalue weighted by molar-refractivity contribution is 0.553. The third-order valence-electron chi connectivity index (χ3n) is 3.30. The molecule has 122 valence electrons. The highest BCUT2D eigenvalue weighted by Crippen LogP contribution is 2.20. The van der Waals surface area contributed by atoms with Crippen LogP contribution >= 0.6 is 0 Å². The van der Waals surface area contributed by atoms with E-state index in [1.165, 1.54) is 43.4 Å². The number of benzene rings is 2. The number of terminal acetylenes is 1. The van der Waals surface area contributed by atoms with Gasteiger partial charge < -0.3 is 0 Å². The Labute approximate surface area is 140 Å². The van der Waals surface area contributed by atoms with E-state index in [2.05, 4.69) is 16.1 Å². The number of amidine groups is 1. The van der Waals surface area contributed by atoms with Gasteiger partial charge in [-0.3, -0.25) is 0 Å². The van der Waals surface area contributed by atoms with Gasteiger partial charge in [-0.25, -0.2) is 17.7 Å². The molecule has 0 bridgehead atoms. The summed E-state index contributed by atoms with van der Waals surface area (Å²) in [5, 5.41) is 2.79. The topological polar surface area (TPSA) is 79.2 Å². The smallest absolute Gasteiger partial charge is 0.246 e. The zero-order chi connectivity index (χ0) is 17.7. The third kappa shape index (κ3) is 3.67. The van der Waals surface area contributed by atoms with E-state index in [-0.39, 0.29) is 16.4 Å². The largest absolute Gasteiger partial charge is 0.265 e. The summed E-state index contributed by atoms with van der Waals surface area (Å²) in [4.78, 5) is 14.7. The van der Waals surface area contributed by atoms with Crippen molar-refractivity contribution in [1.29, 1.82) is 0 Å². The van der Waals surface area contributed by atoms with Crippen LogP contribution in [0.4, 0.5) is 11.4 Å². The normalized spacial score (nSPS) is 11.6. The van der Waals surface area contributed by atoms with Crippen molar-refractivity contribution in [2.45, 2.75) is 11.8 Å². The van der Waals surface area contributed by atoms with Crippen molar-refractivity contribution in [3.8, 4) is 12.3 Å². The van der Waals surface area contributed by atoms with Gasteiger partial charge in [-0.1, -0.05) is 17.7 Å². The molecule has 2 aromatic rings. The summed E-state index contributed by atoms with van der Waals surface area (Å²) >= 11 is 0. The van der Waals surface area contributed by atoms with Crippen LogP contribution in [-0.4, -0.2) is 25.6 Å². The molecule has 0 spiro atoms. The monoisotopic (exact) mass is 341 g/mol. The van der Waals surface area contributed by atoms with E-state index in [1.807, 2.05) is 6.92 Å². The number of hydrogen-bond acceptors (Lipinski definition) is 5. The highest BCUT2D eigenvalue weighted by atomic mass is 32.2. The molecule has 0 amide bonds. The quantitative estimate of drug-likeness (QED) is 0.370. The molecule has 0 radical (unpaired) electrons. The van der Waals surface area contributed by atoms with E-state index in [0.717, 1.165) is 9.87 Å². The Bertz CT molecular complexity index is 909.